The van der Waals surface area contributed by atoms with Gasteiger partial charge in [0.25, 0.3) is 0 Å². The minimum atomic E-state index is -1.57. The Labute approximate surface area is 46.0 Å². The maximum absolute atomic E-state index is 9.87. The first-order valence-corrected chi connectivity index (χ1v) is 3.20. The molecule has 0 aliphatic heterocycles. The summed E-state index contributed by atoms with van der Waals surface area (Å²) in [5.74, 6) is 0. The van der Waals surface area contributed by atoms with Crippen LogP contribution < -0.4 is 0 Å². The van der Waals surface area contributed by atoms with Gasteiger partial charge in [0.1, 0.15) is 0 Å². The number of hydrogen-bond acceptors (Lipinski definition) is 2. The molecule has 0 saturated carbocycles. The van der Waals surface area contributed by atoms with Crippen molar-refractivity contribution in [2.24, 2.45) is 0 Å². The van der Waals surface area contributed by atoms with Crippen LogP contribution in [0.3, 0.4) is 0 Å². The topological polar surface area (TPSA) is 26.3 Å². The van der Waals surface area contributed by atoms with E-state index >= 15 is 0 Å². The third-order valence-corrected chi connectivity index (χ3v) is 0.803. The summed E-state index contributed by atoms with van der Waals surface area (Å²) >= 11 is 0. The zero-order chi connectivity index (χ0) is 5.70. The summed E-state index contributed by atoms with van der Waals surface area (Å²) in [6, 6.07) is 0. The summed E-state index contributed by atoms with van der Waals surface area (Å²) in [6.45, 7) is 7.13. The quantitative estimate of drug-likeness (QED) is 0.482. The molecule has 0 rings (SSSR count). The average molecular weight is 118 g/mol. The molecule has 0 fully saturated rings. The molecular formula is C3H7BO2S. The average Bonchev–Trinajstić information content (AvgIpc) is 1.61. The second-order valence-corrected chi connectivity index (χ2v) is 1.84. The Morgan fingerprint density at radius 1 is 1.86 bits per heavy atom. The van der Waals surface area contributed by atoms with Crippen LogP contribution >= 0.6 is 0 Å². The summed E-state index contributed by atoms with van der Waals surface area (Å²) in [5, 5.41) is 0. The van der Waals surface area contributed by atoms with Crippen LogP contribution in [0.25, 0.3) is 0 Å². The molecule has 0 radical (unpaired) electrons. The molecular weight excluding hydrogens is 111 g/mol. The van der Waals surface area contributed by atoms with Crippen LogP contribution in [-0.4, -0.2) is 17.3 Å². The van der Waals surface area contributed by atoms with Crippen molar-refractivity contribution in [3.8, 4) is 0 Å². The number of rotatable bonds is 2. The van der Waals surface area contributed by atoms with E-state index < -0.39 is 10.3 Å². The van der Waals surface area contributed by atoms with E-state index in [1.54, 1.807) is 0 Å². The van der Waals surface area contributed by atoms with E-state index in [1.165, 1.54) is 0 Å². The van der Waals surface area contributed by atoms with Crippen molar-refractivity contribution < 1.29 is 8.39 Å². The van der Waals surface area contributed by atoms with Gasteiger partial charge in [-0.3, -0.25) is 0 Å². The SMILES string of the molecule is B#S(=O)OCCC. The van der Waals surface area contributed by atoms with Crippen molar-refractivity contribution in [3.63, 3.8) is 0 Å². The molecule has 0 N–H and O–H groups in total. The molecule has 4 heteroatoms. The molecule has 0 aliphatic rings. The Morgan fingerprint density at radius 3 is 2.57 bits per heavy atom. The first kappa shape index (κ1) is 7.04. The van der Waals surface area contributed by atoms with E-state index in [0.29, 0.717) is 6.61 Å². The molecule has 0 saturated heterocycles. The van der Waals surface area contributed by atoms with Gasteiger partial charge in [0.05, 0.1) is 0 Å². The Balaban J connectivity index is 3.04. The van der Waals surface area contributed by atoms with Crippen molar-refractivity contribution in [1.82, 2.24) is 0 Å². The van der Waals surface area contributed by atoms with Crippen LogP contribution in [-0.2, 0) is 14.5 Å². The van der Waals surface area contributed by atoms with Gasteiger partial charge >= 0.3 is 45.2 Å². The monoisotopic (exact) mass is 118 g/mol. The van der Waals surface area contributed by atoms with Gasteiger partial charge in [-0.1, -0.05) is 0 Å². The fraction of sp³-hybridized carbons (Fsp3) is 1.00. The third kappa shape index (κ3) is 6.04. The fourth-order valence-corrected chi connectivity index (χ4v) is 0.496. The third-order valence-electron chi connectivity index (χ3n) is 0.404. The second-order valence-electron chi connectivity index (χ2n) is 1.08. The fourth-order valence-electron chi connectivity index (χ4n) is 0.165. The van der Waals surface area contributed by atoms with E-state index in [4.69, 9.17) is 6.53 Å². The van der Waals surface area contributed by atoms with E-state index in [9.17, 15) is 4.21 Å². The normalized spacial score (nSPS) is 9.00. The van der Waals surface area contributed by atoms with Gasteiger partial charge in [0.2, 0.25) is 0 Å². The van der Waals surface area contributed by atoms with E-state index in [1.807, 2.05) is 6.92 Å². The van der Waals surface area contributed by atoms with E-state index in [-0.39, 0.29) is 0 Å². The molecule has 0 aromatic rings. The molecule has 0 bridgehead atoms. The second kappa shape index (κ2) is 4.21. The molecule has 0 amide bonds. The molecule has 0 aliphatic carbocycles. The molecule has 0 atom stereocenters. The molecule has 0 aromatic carbocycles. The van der Waals surface area contributed by atoms with Gasteiger partial charge in [-0.05, 0) is 0 Å². The predicted molar refractivity (Wildman–Crippen MR) is 30.1 cm³/mol. The van der Waals surface area contributed by atoms with Crippen molar-refractivity contribution in [3.05, 3.63) is 0 Å². The maximum atomic E-state index is 9.87. The minimum absolute atomic E-state index is 0.475. The molecule has 0 spiro atoms. The molecule has 7 heavy (non-hydrogen) atoms. The summed E-state index contributed by atoms with van der Waals surface area (Å²) in [7, 11) is -1.57. The van der Waals surface area contributed by atoms with Crippen LogP contribution in [0.4, 0.5) is 0 Å². The summed E-state index contributed by atoms with van der Waals surface area (Å²) < 4.78 is 14.3. The predicted octanol–water partition coefficient (Wildman–Crippen LogP) is 0.160. The Hall–Kier alpha value is 0.0449. The molecule has 40 valence electrons. The Morgan fingerprint density at radius 2 is 2.43 bits per heavy atom. The van der Waals surface area contributed by atoms with Gasteiger partial charge in [-0.2, -0.15) is 0 Å². The van der Waals surface area contributed by atoms with Gasteiger partial charge in [0, 0.05) is 0 Å². The Kier molecular flexibility index (Phi) is 4.24. The first-order chi connectivity index (χ1) is 3.27. The summed E-state index contributed by atoms with van der Waals surface area (Å²) in [5.41, 5.74) is 0. The van der Waals surface area contributed by atoms with E-state index in [2.05, 4.69) is 4.18 Å². The zero-order valence-electron chi connectivity index (χ0n) is 4.22. The van der Waals surface area contributed by atoms with Crippen LogP contribution in [0.1, 0.15) is 13.3 Å². The van der Waals surface area contributed by atoms with Crippen molar-refractivity contribution in [2.75, 3.05) is 6.61 Å². The molecule has 0 heterocycles. The van der Waals surface area contributed by atoms with Crippen LogP contribution in [0.15, 0.2) is 0 Å². The summed E-state index contributed by atoms with van der Waals surface area (Å²) in [6.07, 6.45) is 0.850. The van der Waals surface area contributed by atoms with Gasteiger partial charge in [-0.25, -0.2) is 0 Å². The van der Waals surface area contributed by atoms with Crippen molar-refractivity contribution in [2.45, 2.75) is 13.3 Å². The summed E-state index contributed by atoms with van der Waals surface area (Å²) in [4.78, 5) is 0. The zero-order valence-corrected chi connectivity index (χ0v) is 5.03. The number of hydrogen-bond donors (Lipinski definition) is 0. The first-order valence-electron chi connectivity index (χ1n) is 2.06. The molecule has 0 unspecified atom stereocenters. The van der Waals surface area contributed by atoms with Crippen LogP contribution in [0.2, 0.25) is 0 Å². The molecule has 2 nitrogen and oxygen atoms in total. The van der Waals surface area contributed by atoms with Crippen LogP contribution in [0, 0.1) is 0 Å². The van der Waals surface area contributed by atoms with Crippen molar-refractivity contribution >= 4 is 16.8 Å². The van der Waals surface area contributed by atoms with Gasteiger partial charge in [0.15, 0.2) is 0 Å². The van der Waals surface area contributed by atoms with Gasteiger partial charge in [-0.15, -0.1) is 0 Å². The standard InChI is InChI=1S/C3H7BO2S/c1-2-3-6-7(4)5/h2-3H2,1H3. The van der Waals surface area contributed by atoms with Crippen LogP contribution in [0.5, 0.6) is 0 Å². The van der Waals surface area contributed by atoms with E-state index in [0.717, 1.165) is 6.42 Å². The van der Waals surface area contributed by atoms with Gasteiger partial charge < -0.3 is 0 Å². The molecule has 0 aromatic heterocycles. The van der Waals surface area contributed by atoms with Crippen molar-refractivity contribution in [1.29, 1.82) is 0 Å². The Bertz CT molecular complexity index is 136.